The van der Waals surface area contributed by atoms with Crippen LogP contribution in [0.25, 0.3) is 0 Å². The van der Waals surface area contributed by atoms with Crippen LogP contribution < -0.4 is 27.0 Å². The molecule has 40 heavy (non-hydrogen) atoms. The highest BCUT2D eigenvalue weighted by Crippen LogP contribution is 2.09. The molecule has 2 rings (SSSR count). The zero-order valence-electron chi connectivity index (χ0n) is 23.7. The normalized spacial score (nSPS) is 13.2. The number of hydrogen-bond donors (Lipinski definition) is 5. The average molecular weight is 552 g/mol. The van der Waals surface area contributed by atoms with Crippen molar-refractivity contribution in [3.63, 3.8) is 0 Å². The number of carbonyl (C=O) groups is 4. The lowest BCUT2D eigenvalue weighted by Crippen LogP contribution is -2.56. The van der Waals surface area contributed by atoms with Crippen molar-refractivity contribution in [2.45, 2.75) is 70.5 Å². The number of amides is 3. The molecule has 3 amide bonds. The van der Waals surface area contributed by atoms with Crippen LogP contribution in [0.4, 0.5) is 0 Å². The van der Waals surface area contributed by atoms with Crippen molar-refractivity contribution in [2.75, 3.05) is 19.6 Å². The standard InChI is InChI=1S/C31H45N5O4/c1-23(2)19-27(30(39)34-26(22-37)15-9-10-17-32)36-31(40)28(20-25-13-7-4-8-14-25)35-29(38)21-33-18-16-24-11-5-3-6-12-24/h3-8,11-14,22-23,26-28,33H,9-10,15-21,32H2,1-2H3,(H,34,39)(H,35,38)(H,36,40)/t26?,27-,28?/m1/s1. The average Bonchev–Trinajstić information content (AvgIpc) is 2.95. The van der Waals surface area contributed by atoms with E-state index in [0.717, 1.165) is 18.4 Å². The molecule has 0 aliphatic rings. The van der Waals surface area contributed by atoms with E-state index in [-0.39, 0.29) is 24.8 Å². The Balaban J connectivity index is 2.03. The largest absolute Gasteiger partial charge is 0.345 e. The van der Waals surface area contributed by atoms with Gasteiger partial charge in [0.25, 0.3) is 0 Å². The summed E-state index contributed by atoms with van der Waals surface area (Å²) in [6.45, 7) is 5.10. The molecule has 9 heteroatoms. The van der Waals surface area contributed by atoms with E-state index in [9.17, 15) is 19.2 Å². The summed E-state index contributed by atoms with van der Waals surface area (Å²) in [7, 11) is 0. The fourth-order valence-electron chi connectivity index (χ4n) is 4.33. The number of benzene rings is 2. The third kappa shape index (κ3) is 13.0. The van der Waals surface area contributed by atoms with Gasteiger partial charge in [0.1, 0.15) is 18.4 Å². The van der Waals surface area contributed by atoms with E-state index in [0.29, 0.717) is 38.6 Å². The monoisotopic (exact) mass is 551 g/mol. The number of hydrogen-bond acceptors (Lipinski definition) is 6. The van der Waals surface area contributed by atoms with Gasteiger partial charge in [0.2, 0.25) is 17.7 Å². The molecule has 6 N–H and O–H groups in total. The van der Waals surface area contributed by atoms with Crippen LogP contribution >= 0.6 is 0 Å². The molecule has 0 aromatic heterocycles. The van der Waals surface area contributed by atoms with E-state index in [4.69, 9.17) is 5.73 Å². The number of aldehydes is 1. The Hall–Kier alpha value is -3.56. The summed E-state index contributed by atoms with van der Waals surface area (Å²) in [4.78, 5) is 50.9. The van der Waals surface area contributed by atoms with E-state index >= 15 is 0 Å². The van der Waals surface area contributed by atoms with E-state index in [1.54, 1.807) is 0 Å². The molecule has 0 spiro atoms. The minimum Gasteiger partial charge on any atom is -0.345 e. The molecule has 0 radical (unpaired) electrons. The first-order valence-electron chi connectivity index (χ1n) is 14.2. The van der Waals surface area contributed by atoms with Crippen LogP contribution in [0.1, 0.15) is 50.7 Å². The molecule has 0 heterocycles. The molecule has 0 aliphatic carbocycles. The third-order valence-electron chi connectivity index (χ3n) is 6.45. The molecule has 0 aliphatic heterocycles. The SMILES string of the molecule is CC(C)C[C@@H](NC(=O)C(Cc1ccccc1)NC(=O)CNCCc1ccccc1)C(=O)NC(C=O)CCCCN. The van der Waals surface area contributed by atoms with Gasteiger partial charge in [-0.15, -0.1) is 0 Å². The Labute approximate surface area is 238 Å². The topological polar surface area (TPSA) is 142 Å². The number of carbonyl (C=O) groups excluding carboxylic acids is 4. The van der Waals surface area contributed by atoms with Crippen LogP contribution in [0, 0.1) is 5.92 Å². The van der Waals surface area contributed by atoms with Crippen molar-refractivity contribution in [3.8, 4) is 0 Å². The summed E-state index contributed by atoms with van der Waals surface area (Å²) in [5, 5.41) is 11.6. The van der Waals surface area contributed by atoms with Gasteiger partial charge in [-0.2, -0.15) is 0 Å². The molecule has 0 saturated carbocycles. The lowest BCUT2D eigenvalue weighted by atomic mass is 10.0. The second-order valence-electron chi connectivity index (χ2n) is 10.4. The molecule has 0 saturated heterocycles. The summed E-state index contributed by atoms with van der Waals surface area (Å²) in [6.07, 6.45) is 4.11. The number of nitrogens with one attached hydrogen (secondary N) is 4. The van der Waals surface area contributed by atoms with Crippen molar-refractivity contribution in [1.29, 1.82) is 0 Å². The van der Waals surface area contributed by atoms with E-state index < -0.39 is 29.9 Å². The van der Waals surface area contributed by atoms with E-state index in [1.165, 1.54) is 5.56 Å². The van der Waals surface area contributed by atoms with Crippen LogP contribution in [0.3, 0.4) is 0 Å². The first-order valence-corrected chi connectivity index (χ1v) is 14.2. The maximum Gasteiger partial charge on any atom is 0.243 e. The van der Waals surface area contributed by atoms with Gasteiger partial charge in [0, 0.05) is 6.42 Å². The van der Waals surface area contributed by atoms with E-state index in [1.807, 2.05) is 74.5 Å². The first kappa shape index (κ1) is 32.7. The molecule has 0 bridgehead atoms. The highest BCUT2D eigenvalue weighted by Gasteiger charge is 2.28. The molecule has 3 atom stereocenters. The van der Waals surface area contributed by atoms with Crippen LogP contribution in [0.2, 0.25) is 0 Å². The lowest BCUT2D eigenvalue weighted by molar-refractivity contribution is -0.132. The quantitative estimate of drug-likeness (QED) is 0.133. The molecule has 9 nitrogen and oxygen atoms in total. The number of nitrogens with two attached hydrogens (primary N) is 1. The second kappa shape index (κ2) is 18.7. The summed E-state index contributed by atoms with van der Waals surface area (Å²) < 4.78 is 0. The molecule has 2 aromatic carbocycles. The number of rotatable bonds is 19. The predicted octanol–water partition coefficient (Wildman–Crippen LogP) is 1.89. The van der Waals surface area contributed by atoms with Gasteiger partial charge in [-0.1, -0.05) is 74.5 Å². The summed E-state index contributed by atoms with van der Waals surface area (Å²) >= 11 is 0. The zero-order valence-corrected chi connectivity index (χ0v) is 23.7. The molecular formula is C31H45N5O4. The minimum absolute atomic E-state index is 0.0606. The molecule has 2 unspecified atom stereocenters. The van der Waals surface area contributed by atoms with Gasteiger partial charge in [-0.25, -0.2) is 0 Å². The number of unbranched alkanes of at least 4 members (excludes halogenated alkanes) is 1. The second-order valence-corrected chi connectivity index (χ2v) is 10.4. The minimum atomic E-state index is -0.875. The van der Waals surface area contributed by atoms with Gasteiger partial charge >= 0.3 is 0 Å². The maximum atomic E-state index is 13.5. The summed E-state index contributed by atoms with van der Waals surface area (Å²) in [6, 6.07) is 17.0. The zero-order chi connectivity index (χ0) is 29.2. The van der Waals surface area contributed by atoms with Crippen LogP contribution in [0.15, 0.2) is 60.7 Å². The fraction of sp³-hybridized carbons (Fsp3) is 0.484. The molecule has 218 valence electrons. The molecule has 0 fully saturated rings. The Morgan fingerprint density at radius 2 is 1.45 bits per heavy atom. The van der Waals surface area contributed by atoms with Gasteiger partial charge in [0.15, 0.2) is 0 Å². The third-order valence-corrected chi connectivity index (χ3v) is 6.45. The Morgan fingerprint density at radius 1 is 0.825 bits per heavy atom. The van der Waals surface area contributed by atoms with Crippen molar-refractivity contribution < 1.29 is 19.2 Å². The highest BCUT2D eigenvalue weighted by atomic mass is 16.2. The van der Waals surface area contributed by atoms with Crippen molar-refractivity contribution in [2.24, 2.45) is 11.7 Å². The Bertz CT molecular complexity index is 1030. The van der Waals surface area contributed by atoms with Gasteiger partial charge in [-0.3, -0.25) is 14.4 Å². The van der Waals surface area contributed by atoms with Crippen molar-refractivity contribution in [3.05, 3.63) is 71.8 Å². The van der Waals surface area contributed by atoms with Crippen LogP contribution in [-0.2, 0) is 32.0 Å². The smallest absolute Gasteiger partial charge is 0.243 e. The summed E-state index contributed by atoms with van der Waals surface area (Å²) in [5.41, 5.74) is 7.58. The van der Waals surface area contributed by atoms with Crippen molar-refractivity contribution in [1.82, 2.24) is 21.3 Å². The molecule has 2 aromatic rings. The molecular weight excluding hydrogens is 506 g/mol. The predicted molar refractivity (Wildman–Crippen MR) is 157 cm³/mol. The Kier molecular flexibility index (Phi) is 15.2. The van der Waals surface area contributed by atoms with Gasteiger partial charge < -0.3 is 31.8 Å². The van der Waals surface area contributed by atoms with E-state index in [2.05, 4.69) is 21.3 Å². The van der Waals surface area contributed by atoms with Crippen LogP contribution in [0.5, 0.6) is 0 Å². The van der Waals surface area contributed by atoms with Crippen molar-refractivity contribution >= 4 is 24.0 Å². The lowest BCUT2D eigenvalue weighted by Gasteiger charge is -2.25. The first-order chi connectivity index (χ1) is 19.3. The fourth-order valence-corrected chi connectivity index (χ4v) is 4.33. The maximum absolute atomic E-state index is 13.5. The Morgan fingerprint density at radius 3 is 2.05 bits per heavy atom. The van der Waals surface area contributed by atoms with Crippen LogP contribution in [-0.4, -0.2) is 61.8 Å². The van der Waals surface area contributed by atoms with Gasteiger partial charge in [-0.05, 0) is 62.2 Å². The summed E-state index contributed by atoms with van der Waals surface area (Å²) in [5.74, 6) is -1.07. The van der Waals surface area contributed by atoms with Gasteiger partial charge in [0.05, 0.1) is 12.6 Å². The highest BCUT2D eigenvalue weighted by molar-refractivity contribution is 5.93.